The van der Waals surface area contributed by atoms with Crippen molar-refractivity contribution in [1.82, 2.24) is 14.6 Å². The number of ether oxygens (including phenoxy) is 2. The van der Waals surface area contributed by atoms with E-state index in [2.05, 4.69) is 15.1 Å². The molecule has 142 valence electrons. The van der Waals surface area contributed by atoms with Gasteiger partial charge in [0, 0.05) is 11.5 Å². The first-order valence-corrected chi connectivity index (χ1v) is 8.24. The quantitative estimate of drug-likeness (QED) is 0.529. The normalized spacial score (nSPS) is 11.5. The summed E-state index contributed by atoms with van der Waals surface area (Å²) in [6.07, 6.45) is 1.24. The van der Waals surface area contributed by atoms with Crippen LogP contribution in [0.4, 0.5) is 4.39 Å². The molecule has 0 amide bonds. The molecule has 0 aliphatic heterocycles. The fourth-order valence-electron chi connectivity index (χ4n) is 2.99. The first-order chi connectivity index (χ1) is 13.5. The molecule has 0 fully saturated rings. The van der Waals surface area contributed by atoms with Gasteiger partial charge in [0.15, 0.2) is 11.5 Å². The van der Waals surface area contributed by atoms with Crippen LogP contribution in [0.1, 0.15) is 5.56 Å². The first-order valence-electron chi connectivity index (χ1n) is 8.24. The van der Waals surface area contributed by atoms with Crippen molar-refractivity contribution in [3.05, 3.63) is 68.6 Å². The van der Waals surface area contributed by atoms with Crippen LogP contribution in [0.15, 0.2) is 51.1 Å². The number of hydrogen-bond acceptors (Lipinski definition) is 5. The van der Waals surface area contributed by atoms with Gasteiger partial charge in [-0.3, -0.25) is 4.79 Å². The molecule has 0 aliphatic carbocycles. The zero-order valence-electron chi connectivity index (χ0n) is 14.9. The largest absolute Gasteiger partial charge is 0.493 e. The van der Waals surface area contributed by atoms with Crippen LogP contribution in [0, 0.1) is 5.82 Å². The van der Waals surface area contributed by atoms with Gasteiger partial charge in [-0.1, -0.05) is 12.1 Å². The Labute approximate surface area is 156 Å². The van der Waals surface area contributed by atoms with Crippen LogP contribution in [-0.2, 0) is 0 Å². The van der Waals surface area contributed by atoms with E-state index in [4.69, 9.17) is 9.47 Å². The summed E-state index contributed by atoms with van der Waals surface area (Å²) < 4.78 is 24.5. The number of rotatable bonds is 4. The number of benzene rings is 2. The summed E-state index contributed by atoms with van der Waals surface area (Å²) in [6, 6.07) is 8.98. The average molecular weight is 382 g/mol. The Balaban J connectivity index is 1.92. The predicted octanol–water partition coefficient (Wildman–Crippen LogP) is 2.21. The number of hydrogen-bond donors (Lipinski definition) is 2. The molecule has 2 heterocycles. The highest BCUT2D eigenvalue weighted by Crippen LogP contribution is 2.34. The topological polar surface area (TPSA) is 101 Å². The van der Waals surface area contributed by atoms with E-state index >= 15 is 0 Å². The molecule has 0 bridgehead atoms. The van der Waals surface area contributed by atoms with Crippen LogP contribution >= 0.6 is 0 Å². The summed E-state index contributed by atoms with van der Waals surface area (Å²) in [7, 11) is 3.00. The molecule has 4 aromatic rings. The molecule has 0 radical (unpaired) electrons. The van der Waals surface area contributed by atoms with Gasteiger partial charge in [-0.25, -0.2) is 9.18 Å². The molecule has 2 aromatic carbocycles. The monoisotopic (exact) mass is 382 g/mol. The Hall–Kier alpha value is -3.88. The lowest BCUT2D eigenvalue weighted by molar-refractivity contribution is 0.356. The number of nitrogens with zero attached hydrogens (tertiary/aromatic N) is 2. The lowest BCUT2D eigenvalue weighted by Gasteiger charge is -2.06. The van der Waals surface area contributed by atoms with Crippen molar-refractivity contribution >= 4 is 28.2 Å². The lowest BCUT2D eigenvalue weighted by atomic mass is 10.2. The summed E-state index contributed by atoms with van der Waals surface area (Å²) in [4.78, 5) is 30.8. The number of aromatic nitrogens is 3. The van der Waals surface area contributed by atoms with Gasteiger partial charge in [0.05, 0.1) is 31.5 Å². The third-order valence-corrected chi connectivity index (χ3v) is 4.30. The lowest BCUT2D eigenvalue weighted by Crippen LogP contribution is -2.32. The van der Waals surface area contributed by atoms with Gasteiger partial charge in [0.25, 0.3) is 0 Å². The van der Waals surface area contributed by atoms with Crippen LogP contribution in [0.25, 0.3) is 21.9 Å². The van der Waals surface area contributed by atoms with E-state index in [-0.39, 0.29) is 5.52 Å². The van der Waals surface area contributed by atoms with Crippen LogP contribution < -0.4 is 20.7 Å². The highest BCUT2D eigenvalue weighted by molar-refractivity contribution is 6.05. The minimum Gasteiger partial charge on any atom is -0.493 e. The zero-order valence-corrected chi connectivity index (χ0v) is 14.9. The Morgan fingerprint density at radius 3 is 2.50 bits per heavy atom. The maximum Gasteiger partial charge on any atom is 0.350 e. The van der Waals surface area contributed by atoms with E-state index in [1.807, 2.05) is 0 Å². The van der Waals surface area contributed by atoms with Gasteiger partial charge >= 0.3 is 11.2 Å². The molecular weight excluding hydrogens is 367 g/mol. The van der Waals surface area contributed by atoms with Crippen LogP contribution in [0.3, 0.4) is 0 Å². The first kappa shape index (κ1) is 17.5. The number of H-pyrrole nitrogens is 2. The Morgan fingerprint density at radius 2 is 1.79 bits per heavy atom. The fourth-order valence-corrected chi connectivity index (χ4v) is 2.99. The summed E-state index contributed by atoms with van der Waals surface area (Å²) in [5, 5.41) is 4.50. The van der Waals surface area contributed by atoms with Crippen LogP contribution in [0.5, 0.6) is 11.5 Å². The molecule has 0 saturated heterocycles. The number of nitrogens with one attached hydrogen (secondary N) is 2. The molecule has 9 heteroatoms. The molecule has 8 nitrogen and oxygen atoms in total. The molecule has 4 rings (SSSR count). The van der Waals surface area contributed by atoms with Crippen molar-refractivity contribution in [2.24, 2.45) is 5.10 Å². The zero-order chi connectivity index (χ0) is 19.8. The summed E-state index contributed by atoms with van der Waals surface area (Å²) >= 11 is 0. The van der Waals surface area contributed by atoms with E-state index in [9.17, 15) is 14.0 Å². The molecule has 0 aliphatic rings. The number of fused-ring (bicyclic) bond motifs is 3. The van der Waals surface area contributed by atoms with Gasteiger partial charge in [-0.05, 0) is 23.8 Å². The van der Waals surface area contributed by atoms with Crippen molar-refractivity contribution < 1.29 is 13.9 Å². The van der Waals surface area contributed by atoms with E-state index < -0.39 is 17.1 Å². The second-order valence-corrected chi connectivity index (χ2v) is 5.97. The van der Waals surface area contributed by atoms with E-state index in [1.54, 1.807) is 18.2 Å². The van der Waals surface area contributed by atoms with E-state index in [0.717, 1.165) is 0 Å². The van der Waals surface area contributed by atoms with Gasteiger partial charge in [0.1, 0.15) is 11.3 Å². The molecular formula is C19H15FN4O4. The molecule has 0 unspecified atom stereocenters. The van der Waals surface area contributed by atoms with Crippen molar-refractivity contribution in [2.45, 2.75) is 0 Å². The van der Waals surface area contributed by atoms with E-state index in [0.29, 0.717) is 38.2 Å². The smallest absolute Gasteiger partial charge is 0.350 e. The van der Waals surface area contributed by atoms with Gasteiger partial charge in [-0.15, -0.1) is 4.68 Å². The van der Waals surface area contributed by atoms with Crippen LogP contribution in [-0.4, -0.2) is 35.1 Å². The number of aromatic amines is 2. The maximum atomic E-state index is 13.3. The van der Waals surface area contributed by atoms with Gasteiger partial charge in [-0.2, -0.15) is 5.10 Å². The number of halogens is 1. The molecule has 2 N–H and O–H groups in total. The Bertz CT molecular complexity index is 1350. The SMILES string of the molecule is COc1cc2[nH]c3c(=O)n(N=Cc4cccc(F)c4)c(=O)[nH]c3c2cc1OC. The highest BCUT2D eigenvalue weighted by Gasteiger charge is 2.15. The summed E-state index contributed by atoms with van der Waals surface area (Å²) in [5.74, 6) is 0.498. The summed E-state index contributed by atoms with van der Waals surface area (Å²) in [6.45, 7) is 0. The highest BCUT2D eigenvalue weighted by atomic mass is 19.1. The van der Waals surface area contributed by atoms with Crippen LogP contribution in [0.2, 0.25) is 0 Å². The molecule has 0 saturated carbocycles. The van der Waals surface area contributed by atoms with Crippen molar-refractivity contribution in [3.63, 3.8) is 0 Å². The molecule has 0 atom stereocenters. The van der Waals surface area contributed by atoms with Crippen molar-refractivity contribution in [2.75, 3.05) is 14.2 Å². The maximum absolute atomic E-state index is 13.3. The minimum atomic E-state index is -0.721. The fraction of sp³-hybridized carbons (Fsp3) is 0.105. The third kappa shape index (κ3) is 2.82. The van der Waals surface area contributed by atoms with Crippen molar-refractivity contribution in [1.29, 1.82) is 0 Å². The molecule has 2 aromatic heterocycles. The predicted molar refractivity (Wildman–Crippen MR) is 103 cm³/mol. The number of methoxy groups -OCH3 is 2. The summed E-state index contributed by atoms with van der Waals surface area (Å²) in [5.41, 5.74) is 0.149. The second kappa shape index (κ2) is 6.69. The minimum absolute atomic E-state index is 0.168. The molecule has 0 spiro atoms. The average Bonchev–Trinajstić information content (AvgIpc) is 3.04. The van der Waals surface area contributed by atoms with Gasteiger partial charge in [0.2, 0.25) is 0 Å². The van der Waals surface area contributed by atoms with Crippen molar-refractivity contribution in [3.8, 4) is 11.5 Å². The standard InChI is InChI=1S/C19H15FN4O4/c1-27-14-7-12-13(8-15(14)28-2)22-17-16(12)23-19(26)24(18(17)25)21-9-10-4-3-5-11(20)6-10/h3-9,22H,1-2H3,(H,23,26). The van der Waals surface area contributed by atoms with Gasteiger partial charge < -0.3 is 19.4 Å². The Kier molecular flexibility index (Phi) is 4.19. The third-order valence-electron chi connectivity index (χ3n) is 4.30. The Morgan fingerprint density at radius 1 is 1.04 bits per heavy atom. The second-order valence-electron chi connectivity index (χ2n) is 5.97. The molecule has 28 heavy (non-hydrogen) atoms. The van der Waals surface area contributed by atoms with E-state index in [1.165, 1.54) is 38.6 Å².